The molecule has 4 heteroatoms. The first-order chi connectivity index (χ1) is 7.59. The van der Waals surface area contributed by atoms with Gasteiger partial charge >= 0.3 is 5.97 Å². The van der Waals surface area contributed by atoms with Crippen LogP contribution in [0.25, 0.3) is 0 Å². The summed E-state index contributed by atoms with van der Waals surface area (Å²) in [7, 11) is 0. The molecular formula is C12H16N2O2. The summed E-state index contributed by atoms with van der Waals surface area (Å²) in [5.74, 6) is -0.751. The number of aliphatic carboxylic acids is 1. The minimum Gasteiger partial charge on any atom is -0.481 e. The molecule has 1 aromatic rings. The Hall–Kier alpha value is -1.58. The Labute approximate surface area is 94.9 Å². The fraction of sp³-hybridized carbons (Fsp3) is 0.500. The van der Waals surface area contributed by atoms with Crippen molar-refractivity contribution in [3.05, 3.63) is 24.0 Å². The van der Waals surface area contributed by atoms with E-state index < -0.39 is 5.97 Å². The second kappa shape index (κ2) is 4.12. The second-order valence-corrected chi connectivity index (χ2v) is 4.49. The zero-order valence-corrected chi connectivity index (χ0v) is 9.55. The van der Waals surface area contributed by atoms with E-state index in [-0.39, 0.29) is 11.8 Å². The molecule has 0 bridgehead atoms. The van der Waals surface area contributed by atoms with E-state index in [1.54, 1.807) is 6.20 Å². The number of hydrogen-bond donors (Lipinski definition) is 1. The predicted molar refractivity (Wildman–Crippen MR) is 61.5 cm³/mol. The lowest BCUT2D eigenvalue weighted by molar-refractivity contribution is -0.142. The minimum atomic E-state index is -0.693. The first kappa shape index (κ1) is 10.9. The van der Waals surface area contributed by atoms with Gasteiger partial charge in [0.1, 0.15) is 0 Å². The van der Waals surface area contributed by atoms with Gasteiger partial charge in [0.25, 0.3) is 0 Å². The Morgan fingerprint density at radius 2 is 2.31 bits per heavy atom. The second-order valence-electron chi connectivity index (χ2n) is 4.49. The Kier molecular flexibility index (Phi) is 2.81. The third kappa shape index (κ3) is 1.87. The number of carbonyl (C=O) groups is 1. The number of anilines is 1. The van der Waals surface area contributed by atoms with Crippen LogP contribution < -0.4 is 4.90 Å². The Morgan fingerprint density at radius 3 is 2.88 bits per heavy atom. The molecule has 0 unspecified atom stereocenters. The largest absolute Gasteiger partial charge is 0.481 e. The molecule has 2 atom stereocenters. The fourth-order valence-electron chi connectivity index (χ4n) is 2.31. The highest BCUT2D eigenvalue weighted by atomic mass is 16.4. The molecule has 0 radical (unpaired) electrons. The summed E-state index contributed by atoms with van der Waals surface area (Å²) in [6.45, 7) is 5.40. The maximum atomic E-state index is 11.0. The highest BCUT2D eigenvalue weighted by Gasteiger charge is 2.35. The van der Waals surface area contributed by atoms with Crippen molar-refractivity contribution in [1.82, 2.24) is 4.98 Å². The third-order valence-corrected chi connectivity index (χ3v) is 3.26. The molecule has 1 saturated heterocycles. The van der Waals surface area contributed by atoms with Crippen LogP contribution in [-0.4, -0.2) is 29.1 Å². The Balaban J connectivity index is 2.20. The lowest BCUT2D eigenvalue weighted by atomic mass is 9.99. The van der Waals surface area contributed by atoms with Crippen molar-refractivity contribution in [3.8, 4) is 0 Å². The van der Waals surface area contributed by atoms with E-state index in [0.29, 0.717) is 6.54 Å². The molecule has 2 heterocycles. The minimum absolute atomic E-state index is 0.199. The quantitative estimate of drug-likeness (QED) is 0.821. The van der Waals surface area contributed by atoms with Gasteiger partial charge in [-0.2, -0.15) is 0 Å². The van der Waals surface area contributed by atoms with Gasteiger partial charge < -0.3 is 10.0 Å². The summed E-state index contributed by atoms with van der Waals surface area (Å²) in [5, 5.41) is 9.08. The predicted octanol–water partition coefficient (Wildman–Crippen LogP) is 1.55. The van der Waals surface area contributed by atoms with Gasteiger partial charge in [0, 0.05) is 31.2 Å². The average Bonchev–Trinajstić information content (AvgIpc) is 2.61. The van der Waals surface area contributed by atoms with Crippen LogP contribution in [0, 0.1) is 18.8 Å². The number of aryl methyl sites for hydroxylation is 1. The molecule has 0 aliphatic carbocycles. The molecule has 1 N–H and O–H groups in total. The van der Waals surface area contributed by atoms with Crippen molar-refractivity contribution in [2.45, 2.75) is 13.8 Å². The molecule has 1 aromatic heterocycles. The number of hydrogen-bond acceptors (Lipinski definition) is 3. The van der Waals surface area contributed by atoms with Gasteiger partial charge in [-0.1, -0.05) is 6.92 Å². The normalized spacial score (nSPS) is 24.8. The number of aromatic nitrogens is 1. The maximum Gasteiger partial charge on any atom is 0.308 e. The van der Waals surface area contributed by atoms with Crippen LogP contribution in [0.15, 0.2) is 18.5 Å². The van der Waals surface area contributed by atoms with Crippen LogP contribution >= 0.6 is 0 Å². The Bertz CT molecular complexity index is 406. The molecule has 86 valence electrons. The highest BCUT2D eigenvalue weighted by Crippen LogP contribution is 2.29. The molecule has 1 aliphatic heterocycles. The van der Waals surface area contributed by atoms with Crippen LogP contribution in [0.1, 0.15) is 12.5 Å². The van der Waals surface area contributed by atoms with Crippen molar-refractivity contribution in [3.63, 3.8) is 0 Å². The summed E-state index contributed by atoms with van der Waals surface area (Å²) in [6.07, 6.45) is 3.56. The monoisotopic (exact) mass is 220 g/mol. The molecule has 4 nitrogen and oxygen atoms in total. The molecule has 0 saturated carbocycles. The van der Waals surface area contributed by atoms with Crippen LogP contribution in [0.3, 0.4) is 0 Å². The van der Waals surface area contributed by atoms with E-state index in [2.05, 4.69) is 9.88 Å². The van der Waals surface area contributed by atoms with Gasteiger partial charge in [-0.05, 0) is 24.5 Å². The van der Waals surface area contributed by atoms with Crippen LogP contribution in [0.2, 0.25) is 0 Å². The summed E-state index contributed by atoms with van der Waals surface area (Å²) in [4.78, 5) is 17.2. The SMILES string of the molecule is Cc1cnccc1N1C[C@@H](C)[C@H](C(=O)O)C1. The number of rotatable bonds is 2. The number of nitrogens with zero attached hydrogens (tertiary/aromatic N) is 2. The molecule has 0 spiro atoms. The molecule has 1 aliphatic rings. The van der Waals surface area contributed by atoms with Crippen LogP contribution in [-0.2, 0) is 4.79 Å². The Morgan fingerprint density at radius 1 is 1.56 bits per heavy atom. The van der Waals surface area contributed by atoms with E-state index in [1.807, 2.05) is 26.1 Å². The van der Waals surface area contributed by atoms with Crippen LogP contribution in [0.5, 0.6) is 0 Å². The van der Waals surface area contributed by atoms with Gasteiger partial charge in [0.15, 0.2) is 0 Å². The maximum absolute atomic E-state index is 11.0. The van der Waals surface area contributed by atoms with E-state index in [1.165, 1.54) is 0 Å². The van der Waals surface area contributed by atoms with Crippen LogP contribution in [0.4, 0.5) is 5.69 Å². The molecule has 0 amide bonds. The average molecular weight is 220 g/mol. The van der Waals surface area contributed by atoms with E-state index in [4.69, 9.17) is 5.11 Å². The molecule has 16 heavy (non-hydrogen) atoms. The lowest BCUT2D eigenvalue weighted by Crippen LogP contribution is -2.23. The first-order valence-electron chi connectivity index (χ1n) is 5.48. The smallest absolute Gasteiger partial charge is 0.308 e. The highest BCUT2D eigenvalue weighted by molar-refractivity contribution is 5.72. The van der Waals surface area contributed by atoms with E-state index in [0.717, 1.165) is 17.8 Å². The topological polar surface area (TPSA) is 53.4 Å². The van der Waals surface area contributed by atoms with Crippen molar-refractivity contribution in [1.29, 1.82) is 0 Å². The lowest BCUT2D eigenvalue weighted by Gasteiger charge is -2.19. The standard InChI is InChI=1S/C12H16N2O2/c1-8-5-13-4-3-11(8)14-6-9(2)10(7-14)12(15)16/h3-5,9-10H,6-7H2,1-2H3,(H,15,16)/t9-,10-/m1/s1. The van der Waals surface area contributed by atoms with Gasteiger partial charge in [-0.15, -0.1) is 0 Å². The molecule has 2 rings (SSSR count). The number of carboxylic acid groups (broad SMARTS) is 1. The van der Waals surface area contributed by atoms with Gasteiger partial charge in [0.2, 0.25) is 0 Å². The summed E-state index contributed by atoms with van der Waals surface area (Å²) < 4.78 is 0. The fourth-order valence-corrected chi connectivity index (χ4v) is 2.31. The molecule has 1 fully saturated rings. The van der Waals surface area contributed by atoms with Gasteiger partial charge in [-0.3, -0.25) is 9.78 Å². The number of pyridine rings is 1. The van der Waals surface area contributed by atoms with Crippen molar-refractivity contribution in [2.75, 3.05) is 18.0 Å². The van der Waals surface area contributed by atoms with Gasteiger partial charge in [-0.25, -0.2) is 0 Å². The zero-order chi connectivity index (χ0) is 11.7. The third-order valence-electron chi connectivity index (χ3n) is 3.26. The van der Waals surface area contributed by atoms with Crippen molar-refractivity contribution in [2.24, 2.45) is 11.8 Å². The number of carboxylic acids is 1. The van der Waals surface area contributed by atoms with Crippen molar-refractivity contribution >= 4 is 11.7 Å². The molecular weight excluding hydrogens is 204 g/mol. The van der Waals surface area contributed by atoms with E-state index in [9.17, 15) is 4.79 Å². The first-order valence-corrected chi connectivity index (χ1v) is 5.48. The zero-order valence-electron chi connectivity index (χ0n) is 9.55. The summed E-state index contributed by atoms with van der Waals surface area (Å²) in [5.41, 5.74) is 2.20. The van der Waals surface area contributed by atoms with Gasteiger partial charge in [0.05, 0.1) is 5.92 Å². The van der Waals surface area contributed by atoms with Crippen molar-refractivity contribution < 1.29 is 9.90 Å². The molecule has 0 aromatic carbocycles. The summed E-state index contributed by atoms with van der Waals surface area (Å²) in [6, 6.07) is 1.95. The summed E-state index contributed by atoms with van der Waals surface area (Å²) >= 11 is 0. The van der Waals surface area contributed by atoms with E-state index >= 15 is 0 Å².